The van der Waals surface area contributed by atoms with E-state index in [9.17, 15) is 5.11 Å². The molecule has 1 aromatic carbocycles. The van der Waals surface area contributed by atoms with Gasteiger partial charge in [0.15, 0.2) is 0 Å². The van der Waals surface area contributed by atoms with Crippen LogP contribution in [0.2, 0.25) is 0 Å². The summed E-state index contributed by atoms with van der Waals surface area (Å²) in [6, 6.07) is 9.85. The summed E-state index contributed by atoms with van der Waals surface area (Å²) >= 11 is 3.55. The number of hydrogen-bond acceptors (Lipinski definition) is 3. The largest absolute Gasteiger partial charge is 0.464 e. The van der Waals surface area contributed by atoms with Gasteiger partial charge >= 0.3 is 0 Å². The molecule has 0 aliphatic heterocycles. The third-order valence-corrected chi connectivity index (χ3v) is 3.69. The first kappa shape index (κ1) is 14.2. The van der Waals surface area contributed by atoms with Crippen LogP contribution in [0, 0.1) is 6.92 Å². The third-order valence-electron chi connectivity index (χ3n) is 3.05. The van der Waals surface area contributed by atoms with Crippen LogP contribution in [0.4, 0.5) is 5.69 Å². The molecule has 0 spiro atoms. The molecule has 1 N–H and O–H groups in total. The van der Waals surface area contributed by atoms with Crippen LogP contribution in [-0.4, -0.2) is 12.2 Å². The Labute approximate surface area is 122 Å². The zero-order valence-electron chi connectivity index (χ0n) is 11.4. The highest BCUT2D eigenvalue weighted by Crippen LogP contribution is 2.29. The first-order chi connectivity index (χ1) is 8.97. The van der Waals surface area contributed by atoms with Gasteiger partial charge in [0, 0.05) is 11.5 Å². The fourth-order valence-corrected chi connectivity index (χ4v) is 2.68. The second kappa shape index (κ2) is 5.80. The lowest BCUT2D eigenvalue weighted by atomic mass is 10.1. The summed E-state index contributed by atoms with van der Waals surface area (Å²) in [4.78, 5) is 2.11. The minimum Gasteiger partial charge on any atom is -0.464 e. The van der Waals surface area contributed by atoms with Crippen molar-refractivity contribution in [2.75, 3.05) is 11.9 Å². The molecule has 0 bridgehead atoms. The van der Waals surface area contributed by atoms with Gasteiger partial charge in [0.2, 0.25) is 0 Å². The van der Waals surface area contributed by atoms with E-state index in [0.717, 1.165) is 27.2 Å². The lowest BCUT2D eigenvalue weighted by molar-refractivity contribution is 0.199. The van der Waals surface area contributed by atoms with E-state index in [-0.39, 0.29) is 0 Å². The molecule has 1 atom stereocenters. The number of halogens is 1. The van der Waals surface area contributed by atoms with Crippen LogP contribution in [0.1, 0.15) is 30.1 Å². The van der Waals surface area contributed by atoms with Gasteiger partial charge in [-0.05, 0) is 59.6 Å². The number of aryl methyl sites for hydroxylation is 1. The standard InChI is InChI=1S/C15H18BrNO2/c1-10-4-6-13(19-10)9-17(3)15-7-5-12(11(2)18)8-14(15)16/h4-8,11,18H,9H2,1-3H3/t11-/m1/s1. The number of hydrogen-bond donors (Lipinski definition) is 1. The highest BCUT2D eigenvalue weighted by Gasteiger charge is 2.10. The first-order valence-corrected chi connectivity index (χ1v) is 7.00. The lowest BCUT2D eigenvalue weighted by Crippen LogP contribution is -2.16. The van der Waals surface area contributed by atoms with Crippen molar-refractivity contribution in [1.82, 2.24) is 0 Å². The normalized spacial score (nSPS) is 12.5. The maximum absolute atomic E-state index is 9.57. The Hall–Kier alpha value is -1.26. The SMILES string of the molecule is Cc1ccc(CN(C)c2ccc([C@@H](C)O)cc2Br)o1. The number of benzene rings is 1. The first-order valence-electron chi connectivity index (χ1n) is 6.21. The maximum atomic E-state index is 9.57. The topological polar surface area (TPSA) is 36.6 Å². The minimum absolute atomic E-state index is 0.455. The van der Waals surface area contributed by atoms with E-state index in [1.807, 2.05) is 44.3 Å². The second-order valence-electron chi connectivity index (χ2n) is 4.76. The summed E-state index contributed by atoms with van der Waals surface area (Å²) in [6.07, 6.45) is -0.455. The van der Waals surface area contributed by atoms with Crippen LogP contribution in [0.15, 0.2) is 39.2 Å². The van der Waals surface area contributed by atoms with Gasteiger partial charge in [-0.3, -0.25) is 0 Å². The molecule has 0 aliphatic carbocycles. The Bertz CT molecular complexity index is 563. The van der Waals surface area contributed by atoms with Gasteiger partial charge in [-0.1, -0.05) is 6.07 Å². The summed E-state index contributed by atoms with van der Waals surface area (Å²) in [6.45, 7) is 4.41. The molecule has 1 aromatic heterocycles. The Morgan fingerprint density at radius 1 is 1.32 bits per heavy atom. The Morgan fingerprint density at radius 2 is 2.05 bits per heavy atom. The maximum Gasteiger partial charge on any atom is 0.123 e. The quantitative estimate of drug-likeness (QED) is 0.922. The molecule has 0 radical (unpaired) electrons. The smallest absolute Gasteiger partial charge is 0.123 e. The van der Waals surface area contributed by atoms with Gasteiger partial charge in [0.1, 0.15) is 11.5 Å². The van der Waals surface area contributed by atoms with E-state index in [1.54, 1.807) is 6.92 Å². The number of nitrogens with zero attached hydrogens (tertiary/aromatic N) is 1. The van der Waals surface area contributed by atoms with Crippen molar-refractivity contribution in [3.63, 3.8) is 0 Å². The monoisotopic (exact) mass is 323 g/mol. The number of aliphatic hydroxyl groups is 1. The molecule has 1 heterocycles. The third kappa shape index (κ3) is 3.39. The van der Waals surface area contributed by atoms with Crippen LogP contribution in [-0.2, 0) is 6.54 Å². The highest BCUT2D eigenvalue weighted by molar-refractivity contribution is 9.10. The molecule has 2 rings (SSSR count). The zero-order valence-corrected chi connectivity index (χ0v) is 12.9. The average Bonchev–Trinajstić information content (AvgIpc) is 2.74. The summed E-state index contributed by atoms with van der Waals surface area (Å²) in [5.74, 6) is 1.86. The number of furan rings is 1. The van der Waals surface area contributed by atoms with Gasteiger partial charge in [-0.15, -0.1) is 0 Å². The van der Waals surface area contributed by atoms with Crippen molar-refractivity contribution in [3.8, 4) is 0 Å². The number of rotatable bonds is 4. The van der Waals surface area contributed by atoms with Crippen LogP contribution >= 0.6 is 15.9 Å². The molecule has 0 unspecified atom stereocenters. The predicted octanol–water partition coefficient (Wildman–Crippen LogP) is 4.04. The average molecular weight is 324 g/mol. The number of aliphatic hydroxyl groups excluding tert-OH is 1. The van der Waals surface area contributed by atoms with E-state index < -0.39 is 6.10 Å². The highest BCUT2D eigenvalue weighted by atomic mass is 79.9. The molecule has 0 saturated heterocycles. The predicted molar refractivity (Wildman–Crippen MR) is 80.3 cm³/mol. The molecular formula is C15H18BrNO2. The lowest BCUT2D eigenvalue weighted by Gasteiger charge is -2.20. The molecule has 0 amide bonds. The molecule has 3 nitrogen and oxygen atoms in total. The van der Waals surface area contributed by atoms with Crippen LogP contribution < -0.4 is 4.90 Å². The molecule has 0 aliphatic rings. The van der Waals surface area contributed by atoms with Crippen molar-refractivity contribution < 1.29 is 9.52 Å². The molecule has 0 saturated carbocycles. The van der Waals surface area contributed by atoms with Crippen molar-refractivity contribution in [3.05, 3.63) is 51.9 Å². The van der Waals surface area contributed by atoms with E-state index in [4.69, 9.17) is 4.42 Å². The summed E-state index contributed by atoms with van der Waals surface area (Å²) in [5.41, 5.74) is 1.97. The Balaban J connectivity index is 2.17. The van der Waals surface area contributed by atoms with Crippen molar-refractivity contribution >= 4 is 21.6 Å². The molecule has 4 heteroatoms. The van der Waals surface area contributed by atoms with Crippen LogP contribution in [0.25, 0.3) is 0 Å². The molecular weight excluding hydrogens is 306 g/mol. The fourth-order valence-electron chi connectivity index (χ4n) is 1.98. The van der Waals surface area contributed by atoms with Gasteiger partial charge in [-0.25, -0.2) is 0 Å². The molecule has 102 valence electrons. The summed E-state index contributed by atoms with van der Waals surface area (Å²) < 4.78 is 6.55. The van der Waals surface area contributed by atoms with E-state index >= 15 is 0 Å². The molecule has 2 aromatic rings. The van der Waals surface area contributed by atoms with E-state index in [2.05, 4.69) is 20.8 Å². The Kier molecular flexibility index (Phi) is 4.32. The fraction of sp³-hybridized carbons (Fsp3) is 0.333. The van der Waals surface area contributed by atoms with Crippen LogP contribution in [0.5, 0.6) is 0 Å². The van der Waals surface area contributed by atoms with E-state index in [0.29, 0.717) is 6.54 Å². The molecule has 0 fully saturated rings. The van der Waals surface area contributed by atoms with Crippen LogP contribution in [0.3, 0.4) is 0 Å². The van der Waals surface area contributed by atoms with Crippen molar-refractivity contribution in [2.24, 2.45) is 0 Å². The zero-order chi connectivity index (χ0) is 14.0. The second-order valence-corrected chi connectivity index (χ2v) is 5.61. The van der Waals surface area contributed by atoms with Gasteiger partial charge in [0.05, 0.1) is 18.3 Å². The van der Waals surface area contributed by atoms with Gasteiger partial charge in [-0.2, -0.15) is 0 Å². The van der Waals surface area contributed by atoms with Crippen molar-refractivity contribution in [2.45, 2.75) is 26.5 Å². The van der Waals surface area contributed by atoms with Gasteiger partial charge in [0.25, 0.3) is 0 Å². The van der Waals surface area contributed by atoms with Crippen molar-refractivity contribution in [1.29, 1.82) is 0 Å². The van der Waals surface area contributed by atoms with Gasteiger partial charge < -0.3 is 14.4 Å². The van der Waals surface area contributed by atoms with E-state index in [1.165, 1.54) is 0 Å². The molecule has 19 heavy (non-hydrogen) atoms. The Morgan fingerprint density at radius 3 is 2.58 bits per heavy atom. The number of anilines is 1. The summed E-state index contributed by atoms with van der Waals surface area (Å²) in [7, 11) is 2.01. The summed E-state index contributed by atoms with van der Waals surface area (Å²) in [5, 5.41) is 9.57. The minimum atomic E-state index is -0.455.